The van der Waals surface area contributed by atoms with E-state index in [1.165, 1.54) is 30.5 Å². The molecule has 0 atom stereocenters. The van der Waals surface area contributed by atoms with Crippen molar-refractivity contribution in [1.29, 1.82) is 0 Å². The Labute approximate surface area is 141 Å². The van der Waals surface area contributed by atoms with Gasteiger partial charge < -0.3 is 4.74 Å². The minimum atomic E-state index is -3.72. The monoisotopic (exact) mass is 352 g/mol. The van der Waals surface area contributed by atoms with E-state index in [0.29, 0.717) is 22.9 Å². The van der Waals surface area contributed by atoms with E-state index >= 15 is 0 Å². The molecule has 0 aliphatic rings. The normalized spacial score (nSPS) is 11.6. The average molecular weight is 353 g/mol. The fourth-order valence-corrected chi connectivity index (χ4v) is 2.68. The van der Waals surface area contributed by atoms with Crippen molar-refractivity contribution in [3.05, 3.63) is 59.1 Å². The number of hydrogen-bond acceptors (Lipinski definition) is 4. The molecule has 0 heterocycles. The van der Waals surface area contributed by atoms with Crippen LogP contribution in [0.25, 0.3) is 0 Å². The molecule has 7 heteroatoms. The second-order valence-electron chi connectivity index (χ2n) is 4.69. The summed E-state index contributed by atoms with van der Waals surface area (Å²) >= 11 is 5.75. The molecular weight excluding hydrogens is 336 g/mol. The van der Waals surface area contributed by atoms with Crippen LogP contribution in [0.4, 0.5) is 0 Å². The van der Waals surface area contributed by atoms with Crippen LogP contribution in [0.1, 0.15) is 18.9 Å². The molecule has 2 aromatic rings. The van der Waals surface area contributed by atoms with Crippen LogP contribution in [0.15, 0.2) is 58.5 Å². The molecule has 0 saturated heterocycles. The topological polar surface area (TPSA) is 67.8 Å². The van der Waals surface area contributed by atoms with Gasteiger partial charge in [0.05, 0.1) is 17.7 Å². The van der Waals surface area contributed by atoms with Crippen molar-refractivity contribution in [2.75, 3.05) is 6.61 Å². The van der Waals surface area contributed by atoms with E-state index in [0.717, 1.165) is 6.42 Å². The molecular formula is C16H17ClN2O3S. The minimum Gasteiger partial charge on any atom is -0.493 e. The Morgan fingerprint density at radius 1 is 1.17 bits per heavy atom. The molecule has 2 rings (SSSR count). The SMILES string of the molecule is CCCOc1ccccc1/C=N\NS(=O)(=O)c1ccc(Cl)cc1. The van der Waals surface area contributed by atoms with Gasteiger partial charge in [0.25, 0.3) is 10.0 Å². The van der Waals surface area contributed by atoms with Crippen molar-refractivity contribution in [2.45, 2.75) is 18.2 Å². The Kier molecular flexibility index (Phi) is 6.01. The van der Waals surface area contributed by atoms with E-state index in [1.807, 2.05) is 25.1 Å². The number of ether oxygens (including phenoxy) is 1. The van der Waals surface area contributed by atoms with Gasteiger partial charge in [-0.15, -0.1) is 0 Å². The average Bonchev–Trinajstić information content (AvgIpc) is 2.54. The zero-order valence-electron chi connectivity index (χ0n) is 12.6. The van der Waals surface area contributed by atoms with Crippen molar-refractivity contribution in [3.63, 3.8) is 0 Å². The van der Waals surface area contributed by atoms with Crippen LogP contribution in [0.2, 0.25) is 5.02 Å². The third kappa shape index (κ3) is 4.97. The number of para-hydroxylation sites is 1. The smallest absolute Gasteiger partial charge is 0.276 e. The summed E-state index contributed by atoms with van der Waals surface area (Å²) in [6.45, 7) is 2.60. The first-order valence-electron chi connectivity index (χ1n) is 7.05. The standard InChI is InChI=1S/C16H17ClN2O3S/c1-2-11-22-16-6-4-3-5-13(16)12-18-19-23(20,21)15-9-7-14(17)8-10-15/h3-10,12,19H,2,11H2,1H3/b18-12-. The first-order chi connectivity index (χ1) is 11.0. The number of hydrogen-bond donors (Lipinski definition) is 1. The quantitative estimate of drug-likeness (QED) is 0.613. The lowest BCUT2D eigenvalue weighted by molar-refractivity contribution is 0.317. The summed E-state index contributed by atoms with van der Waals surface area (Å²) in [5.74, 6) is 0.656. The molecule has 5 nitrogen and oxygen atoms in total. The lowest BCUT2D eigenvalue weighted by Crippen LogP contribution is -2.18. The molecule has 0 aliphatic carbocycles. The van der Waals surface area contributed by atoms with E-state index in [9.17, 15) is 8.42 Å². The Morgan fingerprint density at radius 2 is 1.87 bits per heavy atom. The fraction of sp³-hybridized carbons (Fsp3) is 0.188. The number of benzene rings is 2. The Hall–Kier alpha value is -2.05. The summed E-state index contributed by atoms with van der Waals surface area (Å²) in [5, 5.41) is 4.27. The maximum atomic E-state index is 12.1. The van der Waals surface area contributed by atoms with Crippen molar-refractivity contribution in [1.82, 2.24) is 4.83 Å². The zero-order valence-corrected chi connectivity index (χ0v) is 14.1. The zero-order chi connectivity index (χ0) is 16.7. The van der Waals surface area contributed by atoms with Gasteiger partial charge in [0.15, 0.2) is 0 Å². The summed E-state index contributed by atoms with van der Waals surface area (Å²) in [7, 11) is -3.72. The molecule has 23 heavy (non-hydrogen) atoms. The van der Waals surface area contributed by atoms with Crippen LogP contribution < -0.4 is 9.57 Å². The summed E-state index contributed by atoms with van der Waals surface area (Å²) in [6, 6.07) is 13.1. The van der Waals surface area contributed by atoms with Gasteiger partial charge in [-0.25, -0.2) is 4.83 Å². The van der Waals surface area contributed by atoms with Crippen LogP contribution in [0, 0.1) is 0 Å². The van der Waals surface area contributed by atoms with Crippen LogP contribution >= 0.6 is 11.6 Å². The molecule has 0 saturated carbocycles. The van der Waals surface area contributed by atoms with Gasteiger partial charge in [-0.1, -0.05) is 30.7 Å². The van der Waals surface area contributed by atoms with E-state index in [4.69, 9.17) is 16.3 Å². The highest BCUT2D eigenvalue weighted by molar-refractivity contribution is 7.89. The largest absolute Gasteiger partial charge is 0.493 e. The van der Waals surface area contributed by atoms with Crippen LogP contribution in [0.5, 0.6) is 5.75 Å². The lowest BCUT2D eigenvalue weighted by atomic mass is 10.2. The van der Waals surface area contributed by atoms with Crippen LogP contribution in [-0.2, 0) is 10.0 Å². The highest BCUT2D eigenvalue weighted by atomic mass is 35.5. The Bertz CT molecular complexity index is 774. The number of nitrogens with one attached hydrogen (secondary N) is 1. The molecule has 0 radical (unpaired) electrons. The summed E-state index contributed by atoms with van der Waals surface area (Å²) < 4.78 is 29.8. The van der Waals surface area contributed by atoms with E-state index in [-0.39, 0.29) is 4.90 Å². The Morgan fingerprint density at radius 3 is 2.57 bits per heavy atom. The third-order valence-electron chi connectivity index (χ3n) is 2.88. The molecule has 0 aliphatic heterocycles. The van der Waals surface area contributed by atoms with Crippen molar-refractivity contribution in [2.24, 2.45) is 5.10 Å². The molecule has 1 N–H and O–H groups in total. The molecule has 0 bridgehead atoms. The highest BCUT2D eigenvalue weighted by Gasteiger charge is 2.12. The van der Waals surface area contributed by atoms with Crippen molar-refractivity contribution < 1.29 is 13.2 Å². The molecule has 122 valence electrons. The predicted octanol–water partition coefficient (Wildman–Crippen LogP) is 3.44. The van der Waals surface area contributed by atoms with Gasteiger partial charge >= 0.3 is 0 Å². The Balaban J connectivity index is 2.11. The molecule has 2 aromatic carbocycles. The van der Waals surface area contributed by atoms with E-state index in [1.54, 1.807) is 6.07 Å². The number of halogens is 1. The highest BCUT2D eigenvalue weighted by Crippen LogP contribution is 2.16. The van der Waals surface area contributed by atoms with Gasteiger partial charge in [0, 0.05) is 10.6 Å². The second kappa shape index (κ2) is 7.99. The van der Waals surface area contributed by atoms with Crippen molar-refractivity contribution >= 4 is 27.8 Å². The predicted molar refractivity (Wildman–Crippen MR) is 91.6 cm³/mol. The molecule has 0 unspecified atom stereocenters. The number of hydrazone groups is 1. The lowest BCUT2D eigenvalue weighted by Gasteiger charge is -2.07. The number of sulfonamides is 1. The third-order valence-corrected chi connectivity index (χ3v) is 4.37. The maximum Gasteiger partial charge on any atom is 0.276 e. The van der Waals surface area contributed by atoms with Gasteiger partial charge in [0.1, 0.15) is 5.75 Å². The first-order valence-corrected chi connectivity index (χ1v) is 8.91. The van der Waals surface area contributed by atoms with Gasteiger partial charge in [-0.05, 0) is 42.8 Å². The second-order valence-corrected chi connectivity index (χ2v) is 6.79. The van der Waals surface area contributed by atoms with Gasteiger partial charge in [-0.3, -0.25) is 0 Å². The summed E-state index contributed by atoms with van der Waals surface area (Å²) in [4.78, 5) is 2.26. The van der Waals surface area contributed by atoms with Gasteiger partial charge in [-0.2, -0.15) is 13.5 Å². The first kappa shape index (κ1) is 17.3. The summed E-state index contributed by atoms with van der Waals surface area (Å²) in [5.41, 5.74) is 0.694. The van der Waals surface area contributed by atoms with E-state index < -0.39 is 10.0 Å². The minimum absolute atomic E-state index is 0.0922. The molecule has 0 spiro atoms. The van der Waals surface area contributed by atoms with E-state index in [2.05, 4.69) is 9.93 Å². The maximum absolute atomic E-state index is 12.1. The number of nitrogens with zero attached hydrogens (tertiary/aromatic N) is 1. The molecule has 0 aromatic heterocycles. The van der Waals surface area contributed by atoms with Gasteiger partial charge in [0.2, 0.25) is 0 Å². The molecule has 0 amide bonds. The van der Waals surface area contributed by atoms with Crippen LogP contribution in [-0.4, -0.2) is 21.2 Å². The van der Waals surface area contributed by atoms with Crippen LogP contribution in [0.3, 0.4) is 0 Å². The summed E-state index contributed by atoms with van der Waals surface area (Å²) in [6.07, 6.45) is 2.30. The molecule has 0 fully saturated rings. The number of rotatable bonds is 7. The van der Waals surface area contributed by atoms with Crippen molar-refractivity contribution in [3.8, 4) is 5.75 Å². The fourth-order valence-electron chi connectivity index (χ4n) is 1.76.